The van der Waals surface area contributed by atoms with Crippen molar-refractivity contribution in [2.45, 2.75) is 30.1 Å². The molecule has 1 atom stereocenters. The number of rotatable bonds is 7. The number of hydrogen-bond acceptors (Lipinski definition) is 8. The third-order valence-electron chi connectivity index (χ3n) is 5.58. The van der Waals surface area contributed by atoms with E-state index in [1.807, 2.05) is 50.2 Å². The van der Waals surface area contributed by atoms with Crippen LogP contribution in [0.5, 0.6) is 11.5 Å². The molecule has 2 aromatic heterocycles. The van der Waals surface area contributed by atoms with Crippen molar-refractivity contribution < 1.29 is 18.7 Å². The predicted molar refractivity (Wildman–Crippen MR) is 132 cm³/mol. The highest BCUT2D eigenvalue weighted by Gasteiger charge is 2.27. The third-order valence-corrected chi connectivity index (χ3v) is 7.12. The van der Waals surface area contributed by atoms with Crippen LogP contribution in [-0.4, -0.2) is 39.2 Å². The topological polar surface area (TPSA) is 79.4 Å². The van der Waals surface area contributed by atoms with Crippen LogP contribution in [0.25, 0.3) is 5.69 Å². The van der Waals surface area contributed by atoms with Gasteiger partial charge in [0.1, 0.15) is 6.61 Å². The lowest BCUT2D eigenvalue weighted by Crippen LogP contribution is -2.21. The summed E-state index contributed by atoms with van der Waals surface area (Å²) in [5.74, 6) is 1.87. The Morgan fingerprint density at radius 2 is 1.91 bits per heavy atom. The maximum Gasteiger partial charge on any atom is 0.277 e. The van der Waals surface area contributed by atoms with Gasteiger partial charge in [-0.3, -0.25) is 4.79 Å². The van der Waals surface area contributed by atoms with Crippen molar-refractivity contribution >= 4 is 29.3 Å². The Labute approximate surface area is 205 Å². The zero-order chi connectivity index (χ0) is 23.7. The molecule has 5 rings (SSSR count). The van der Waals surface area contributed by atoms with Crippen molar-refractivity contribution in [1.29, 1.82) is 0 Å². The van der Waals surface area contributed by atoms with Gasteiger partial charge < -0.3 is 18.5 Å². The van der Waals surface area contributed by atoms with Gasteiger partial charge in [-0.25, -0.2) is 0 Å². The summed E-state index contributed by atoms with van der Waals surface area (Å²) in [7, 11) is 0. The molecule has 1 aliphatic heterocycles. The molecule has 9 heteroatoms. The molecular weight excluding hydrogens is 470 g/mol. The first-order valence-corrected chi connectivity index (χ1v) is 13.0. The number of aromatic nitrogens is 3. The zero-order valence-corrected chi connectivity index (χ0v) is 20.6. The second kappa shape index (κ2) is 9.60. The molecule has 4 aromatic rings. The molecule has 0 fully saturated rings. The van der Waals surface area contributed by atoms with E-state index in [-0.39, 0.29) is 18.1 Å². The molecule has 0 bridgehead atoms. The molecule has 2 aromatic carbocycles. The number of carbonyl (C=O) groups is 1. The fourth-order valence-electron chi connectivity index (χ4n) is 3.95. The van der Waals surface area contributed by atoms with Crippen LogP contribution in [0.15, 0.2) is 69.1 Å². The second-order valence-electron chi connectivity index (χ2n) is 7.80. The molecule has 7 nitrogen and oxygen atoms in total. The van der Waals surface area contributed by atoms with Crippen molar-refractivity contribution in [1.82, 2.24) is 14.8 Å². The van der Waals surface area contributed by atoms with Crippen LogP contribution < -0.4 is 9.47 Å². The van der Waals surface area contributed by atoms with Crippen molar-refractivity contribution in [2.24, 2.45) is 0 Å². The second-order valence-corrected chi connectivity index (χ2v) is 9.61. The van der Waals surface area contributed by atoms with Gasteiger partial charge in [-0.05, 0) is 56.5 Å². The van der Waals surface area contributed by atoms with Crippen molar-refractivity contribution in [2.75, 3.05) is 18.6 Å². The number of fused-ring (bicyclic) bond motifs is 1. The maximum atomic E-state index is 13.0. The van der Waals surface area contributed by atoms with Crippen LogP contribution in [0.4, 0.5) is 0 Å². The van der Waals surface area contributed by atoms with Gasteiger partial charge >= 0.3 is 0 Å². The minimum atomic E-state index is -0.483. The largest absolute Gasteiger partial charge is 0.485 e. The van der Waals surface area contributed by atoms with Gasteiger partial charge in [0.15, 0.2) is 17.3 Å². The van der Waals surface area contributed by atoms with Gasteiger partial charge in [0.25, 0.3) is 11.1 Å². The summed E-state index contributed by atoms with van der Waals surface area (Å²) >= 11 is 2.91. The number of para-hydroxylation sites is 2. The molecular formula is C25H23N3O4S2. The molecule has 0 aliphatic carbocycles. The fraction of sp³-hybridized carbons (Fsp3) is 0.240. The molecule has 0 radical (unpaired) electrons. The standard InChI is InChI=1S/C25H23N3O4S2/c1-15-11-19(16(2)28(15)17-7-6-8-18(12-17)33-3)20(29)14-34-25-27-26-24(32-25)23-13-30-21-9-4-5-10-22(21)31-23/h4-12,23H,13-14H2,1-3H3. The van der Waals surface area contributed by atoms with E-state index >= 15 is 0 Å². The van der Waals surface area contributed by atoms with E-state index in [2.05, 4.69) is 39.2 Å². The van der Waals surface area contributed by atoms with Gasteiger partial charge in [-0.2, -0.15) is 0 Å². The Kier molecular flexibility index (Phi) is 6.38. The molecule has 1 unspecified atom stereocenters. The lowest BCUT2D eigenvalue weighted by atomic mass is 10.2. The summed E-state index contributed by atoms with van der Waals surface area (Å²) in [5, 5.41) is 8.50. The van der Waals surface area contributed by atoms with Crippen LogP contribution in [-0.2, 0) is 0 Å². The minimum absolute atomic E-state index is 0.0105. The Morgan fingerprint density at radius 1 is 1.09 bits per heavy atom. The normalized spacial score (nSPS) is 14.9. The zero-order valence-electron chi connectivity index (χ0n) is 19.0. The Bertz CT molecular complexity index is 1350. The Balaban J connectivity index is 1.26. The summed E-state index contributed by atoms with van der Waals surface area (Å²) in [6.07, 6.45) is 1.57. The Morgan fingerprint density at radius 3 is 2.74 bits per heavy atom. The van der Waals surface area contributed by atoms with Crippen LogP contribution in [0.1, 0.15) is 33.7 Å². The number of ether oxygens (including phenoxy) is 2. The first-order chi connectivity index (χ1) is 16.5. The first-order valence-electron chi connectivity index (χ1n) is 10.7. The average Bonchev–Trinajstić information content (AvgIpc) is 3.46. The van der Waals surface area contributed by atoms with E-state index in [4.69, 9.17) is 13.9 Å². The number of benzene rings is 2. The summed E-state index contributed by atoms with van der Waals surface area (Å²) < 4.78 is 19.5. The van der Waals surface area contributed by atoms with E-state index in [9.17, 15) is 4.79 Å². The van der Waals surface area contributed by atoms with Crippen LogP contribution in [0.3, 0.4) is 0 Å². The summed E-state index contributed by atoms with van der Waals surface area (Å²) in [6, 6.07) is 17.7. The van der Waals surface area contributed by atoms with Gasteiger partial charge in [-0.15, -0.1) is 22.0 Å². The number of aryl methyl sites for hydroxylation is 1. The Hall–Kier alpha value is -3.17. The number of thioether (sulfide) groups is 2. The molecule has 0 spiro atoms. The highest BCUT2D eigenvalue weighted by Crippen LogP contribution is 2.36. The quantitative estimate of drug-likeness (QED) is 0.240. The summed E-state index contributed by atoms with van der Waals surface area (Å²) in [4.78, 5) is 14.2. The van der Waals surface area contributed by atoms with E-state index < -0.39 is 6.10 Å². The predicted octanol–water partition coefficient (Wildman–Crippen LogP) is 5.69. The van der Waals surface area contributed by atoms with Crippen LogP contribution in [0.2, 0.25) is 0 Å². The van der Waals surface area contributed by atoms with Crippen molar-refractivity contribution in [3.63, 3.8) is 0 Å². The van der Waals surface area contributed by atoms with E-state index in [0.29, 0.717) is 28.2 Å². The molecule has 1 aliphatic rings. The molecule has 0 amide bonds. The lowest BCUT2D eigenvalue weighted by molar-refractivity contribution is 0.0686. The third kappa shape index (κ3) is 4.45. The molecule has 0 N–H and O–H groups in total. The first kappa shape index (κ1) is 22.6. The number of ketones is 1. The molecule has 0 saturated carbocycles. The molecule has 3 heterocycles. The number of carbonyl (C=O) groups excluding carboxylic acids is 1. The van der Waals surface area contributed by atoms with Gasteiger partial charge in [0.05, 0.1) is 5.75 Å². The highest BCUT2D eigenvalue weighted by atomic mass is 32.2. The van der Waals surface area contributed by atoms with E-state index in [1.54, 1.807) is 11.8 Å². The van der Waals surface area contributed by atoms with Crippen molar-refractivity contribution in [3.8, 4) is 17.2 Å². The monoisotopic (exact) mass is 493 g/mol. The SMILES string of the molecule is CSc1cccc(-n2c(C)cc(C(=O)CSc3nnc(C4COc5ccccc5O4)o3)c2C)c1. The van der Waals surface area contributed by atoms with E-state index in [1.165, 1.54) is 16.7 Å². The van der Waals surface area contributed by atoms with Crippen LogP contribution in [0, 0.1) is 13.8 Å². The number of nitrogens with zero attached hydrogens (tertiary/aromatic N) is 3. The minimum Gasteiger partial charge on any atom is -0.485 e. The van der Waals surface area contributed by atoms with Gasteiger partial charge in [0.2, 0.25) is 6.10 Å². The van der Waals surface area contributed by atoms with E-state index in [0.717, 1.165) is 17.1 Å². The average molecular weight is 494 g/mol. The van der Waals surface area contributed by atoms with Gasteiger partial charge in [-0.1, -0.05) is 30.0 Å². The summed E-state index contributed by atoms with van der Waals surface area (Å²) in [5.41, 5.74) is 3.67. The molecule has 34 heavy (non-hydrogen) atoms. The summed E-state index contributed by atoms with van der Waals surface area (Å²) in [6.45, 7) is 4.27. The smallest absolute Gasteiger partial charge is 0.277 e. The number of hydrogen-bond donors (Lipinski definition) is 0. The fourth-order valence-corrected chi connectivity index (χ4v) is 5.05. The molecule has 174 valence electrons. The highest BCUT2D eigenvalue weighted by molar-refractivity contribution is 7.99. The maximum absolute atomic E-state index is 13.0. The van der Waals surface area contributed by atoms with Gasteiger partial charge in [0, 0.05) is 27.5 Å². The lowest BCUT2D eigenvalue weighted by Gasteiger charge is -2.23. The number of Topliss-reactive ketones (excluding diaryl/α,β-unsaturated/α-hetero) is 1. The van der Waals surface area contributed by atoms with Crippen molar-refractivity contribution in [3.05, 3.63) is 77.4 Å². The molecule has 0 saturated heterocycles. The van der Waals surface area contributed by atoms with Crippen LogP contribution >= 0.6 is 23.5 Å².